The Labute approximate surface area is 141 Å². The maximum absolute atomic E-state index is 12.3. The van der Waals surface area contributed by atoms with Gasteiger partial charge in [0.2, 0.25) is 5.91 Å². The summed E-state index contributed by atoms with van der Waals surface area (Å²) in [5, 5.41) is 5.68. The molecule has 4 nitrogen and oxygen atoms in total. The first-order valence-electron chi connectivity index (χ1n) is 8.51. The van der Waals surface area contributed by atoms with Crippen LogP contribution in [0.1, 0.15) is 45.5 Å². The summed E-state index contributed by atoms with van der Waals surface area (Å²) in [5.41, 5.74) is 6.17. The number of carbonyl (C=O) groups is 2. The zero-order valence-corrected chi connectivity index (χ0v) is 13.5. The third-order valence-electron chi connectivity index (χ3n) is 4.86. The highest BCUT2D eigenvalue weighted by molar-refractivity contribution is 6.00. The molecule has 4 heteroatoms. The van der Waals surface area contributed by atoms with Crippen LogP contribution >= 0.6 is 0 Å². The van der Waals surface area contributed by atoms with Crippen LogP contribution in [0.25, 0.3) is 0 Å². The van der Waals surface area contributed by atoms with Crippen molar-refractivity contribution in [2.45, 2.75) is 38.6 Å². The Morgan fingerprint density at radius 2 is 1.79 bits per heavy atom. The van der Waals surface area contributed by atoms with E-state index in [0.29, 0.717) is 24.2 Å². The SMILES string of the molecule is O=C(Cc1ccc2c(c1)CCCC2)Nc1ccc2c(c1)C(=O)NC2. The molecule has 0 spiro atoms. The highest BCUT2D eigenvalue weighted by Gasteiger charge is 2.19. The lowest BCUT2D eigenvalue weighted by atomic mass is 9.90. The summed E-state index contributed by atoms with van der Waals surface area (Å²) < 4.78 is 0. The first-order chi connectivity index (χ1) is 11.7. The van der Waals surface area contributed by atoms with Crippen LogP contribution < -0.4 is 10.6 Å². The average molecular weight is 320 g/mol. The van der Waals surface area contributed by atoms with Crippen molar-refractivity contribution < 1.29 is 9.59 Å². The summed E-state index contributed by atoms with van der Waals surface area (Å²) in [6.07, 6.45) is 5.12. The number of anilines is 1. The van der Waals surface area contributed by atoms with Crippen molar-refractivity contribution in [3.8, 4) is 0 Å². The molecule has 0 fully saturated rings. The lowest BCUT2D eigenvalue weighted by Crippen LogP contribution is -2.16. The minimum absolute atomic E-state index is 0.0517. The van der Waals surface area contributed by atoms with Gasteiger partial charge in [-0.15, -0.1) is 0 Å². The third kappa shape index (κ3) is 2.92. The number of benzene rings is 2. The number of rotatable bonds is 3. The Balaban J connectivity index is 1.45. The smallest absolute Gasteiger partial charge is 0.251 e. The Morgan fingerprint density at radius 1 is 1.00 bits per heavy atom. The Bertz CT molecular complexity index is 826. The molecule has 4 rings (SSSR count). The lowest BCUT2D eigenvalue weighted by Gasteiger charge is -2.16. The van der Waals surface area contributed by atoms with Crippen LogP contribution in [-0.4, -0.2) is 11.8 Å². The van der Waals surface area contributed by atoms with Crippen molar-refractivity contribution in [3.05, 3.63) is 64.2 Å². The largest absolute Gasteiger partial charge is 0.348 e. The second-order valence-corrected chi connectivity index (χ2v) is 6.59. The van der Waals surface area contributed by atoms with Gasteiger partial charge in [0.1, 0.15) is 0 Å². The van der Waals surface area contributed by atoms with Crippen LogP contribution in [-0.2, 0) is 30.6 Å². The molecular weight excluding hydrogens is 300 g/mol. The highest BCUT2D eigenvalue weighted by Crippen LogP contribution is 2.23. The van der Waals surface area contributed by atoms with Crippen molar-refractivity contribution >= 4 is 17.5 Å². The summed E-state index contributed by atoms with van der Waals surface area (Å²) in [7, 11) is 0. The van der Waals surface area contributed by atoms with Gasteiger partial charge in [-0.25, -0.2) is 0 Å². The molecule has 0 bridgehead atoms. The molecule has 0 radical (unpaired) electrons. The Kier molecular flexibility index (Phi) is 3.81. The summed E-state index contributed by atoms with van der Waals surface area (Å²) in [5.74, 6) is -0.125. The molecule has 2 aliphatic rings. The van der Waals surface area contributed by atoms with E-state index in [1.807, 2.05) is 12.1 Å². The van der Waals surface area contributed by atoms with E-state index in [9.17, 15) is 9.59 Å². The minimum atomic E-state index is -0.0733. The molecule has 0 unspecified atom stereocenters. The van der Waals surface area contributed by atoms with Crippen LogP contribution in [0.5, 0.6) is 0 Å². The predicted octanol–water partition coefficient (Wildman–Crippen LogP) is 2.99. The van der Waals surface area contributed by atoms with Crippen LogP contribution in [0.3, 0.4) is 0 Å². The van der Waals surface area contributed by atoms with Gasteiger partial charge >= 0.3 is 0 Å². The predicted molar refractivity (Wildman–Crippen MR) is 93.0 cm³/mol. The fraction of sp³-hybridized carbons (Fsp3) is 0.300. The number of amides is 2. The number of fused-ring (bicyclic) bond motifs is 2. The Hall–Kier alpha value is -2.62. The second-order valence-electron chi connectivity index (χ2n) is 6.59. The number of hydrogen-bond acceptors (Lipinski definition) is 2. The molecular formula is C20H20N2O2. The van der Waals surface area contributed by atoms with E-state index in [4.69, 9.17) is 0 Å². The molecule has 2 aromatic rings. The van der Waals surface area contributed by atoms with Crippen molar-refractivity contribution in [2.24, 2.45) is 0 Å². The average Bonchev–Trinajstić information content (AvgIpc) is 2.95. The third-order valence-corrected chi connectivity index (χ3v) is 4.86. The second kappa shape index (κ2) is 6.11. The molecule has 0 atom stereocenters. The van der Waals surface area contributed by atoms with Crippen LogP contribution in [0.15, 0.2) is 36.4 Å². The molecule has 2 aromatic carbocycles. The van der Waals surface area contributed by atoms with Gasteiger partial charge in [0.05, 0.1) is 6.42 Å². The maximum atomic E-state index is 12.3. The van der Waals surface area contributed by atoms with Crippen LogP contribution in [0, 0.1) is 0 Å². The Morgan fingerprint density at radius 3 is 2.67 bits per heavy atom. The van der Waals surface area contributed by atoms with Crippen molar-refractivity contribution in [1.29, 1.82) is 0 Å². The fourth-order valence-corrected chi connectivity index (χ4v) is 3.58. The first kappa shape index (κ1) is 14.9. The molecule has 0 saturated carbocycles. The van der Waals surface area contributed by atoms with Gasteiger partial charge in [-0.1, -0.05) is 24.3 Å². The van der Waals surface area contributed by atoms with Gasteiger partial charge in [0, 0.05) is 17.8 Å². The van der Waals surface area contributed by atoms with Crippen molar-refractivity contribution in [3.63, 3.8) is 0 Å². The molecule has 122 valence electrons. The monoisotopic (exact) mass is 320 g/mol. The molecule has 2 N–H and O–H groups in total. The molecule has 24 heavy (non-hydrogen) atoms. The zero-order chi connectivity index (χ0) is 16.5. The van der Waals surface area contributed by atoms with Gasteiger partial charge in [-0.05, 0) is 60.1 Å². The fourth-order valence-electron chi connectivity index (χ4n) is 3.58. The van der Waals surface area contributed by atoms with Crippen molar-refractivity contribution in [2.75, 3.05) is 5.32 Å². The number of carbonyl (C=O) groups excluding carboxylic acids is 2. The molecule has 1 aliphatic heterocycles. The zero-order valence-electron chi connectivity index (χ0n) is 13.5. The van der Waals surface area contributed by atoms with Gasteiger partial charge in [-0.3, -0.25) is 9.59 Å². The van der Waals surface area contributed by atoms with E-state index >= 15 is 0 Å². The summed E-state index contributed by atoms with van der Waals surface area (Å²) in [6, 6.07) is 11.9. The molecule has 1 aliphatic carbocycles. The maximum Gasteiger partial charge on any atom is 0.251 e. The van der Waals surface area contributed by atoms with E-state index in [1.54, 1.807) is 6.07 Å². The van der Waals surface area contributed by atoms with E-state index in [-0.39, 0.29) is 11.8 Å². The van der Waals surface area contributed by atoms with Crippen LogP contribution in [0.2, 0.25) is 0 Å². The molecule has 0 saturated heterocycles. The summed E-state index contributed by atoms with van der Waals surface area (Å²) >= 11 is 0. The van der Waals surface area contributed by atoms with Crippen molar-refractivity contribution in [1.82, 2.24) is 5.32 Å². The van der Waals surface area contributed by atoms with Gasteiger partial charge in [0.15, 0.2) is 0 Å². The standard InChI is InChI=1S/C20H20N2O2/c23-19(10-13-5-6-14-3-1-2-4-15(14)9-13)22-17-8-7-16-12-21-20(24)18(16)11-17/h5-9,11H,1-4,10,12H2,(H,21,24)(H,22,23). The van der Waals surface area contributed by atoms with E-state index < -0.39 is 0 Å². The number of hydrogen-bond donors (Lipinski definition) is 2. The van der Waals surface area contributed by atoms with Gasteiger partial charge in [-0.2, -0.15) is 0 Å². The number of aryl methyl sites for hydroxylation is 2. The van der Waals surface area contributed by atoms with Gasteiger partial charge < -0.3 is 10.6 Å². The lowest BCUT2D eigenvalue weighted by molar-refractivity contribution is -0.115. The highest BCUT2D eigenvalue weighted by atomic mass is 16.2. The molecule has 0 aromatic heterocycles. The van der Waals surface area contributed by atoms with E-state index in [0.717, 1.165) is 24.0 Å². The molecule has 2 amide bonds. The quantitative estimate of drug-likeness (QED) is 0.913. The van der Waals surface area contributed by atoms with Gasteiger partial charge in [0.25, 0.3) is 5.91 Å². The number of nitrogens with one attached hydrogen (secondary N) is 2. The first-order valence-corrected chi connectivity index (χ1v) is 8.51. The van der Waals surface area contributed by atoms with E-state index in [1.165, 1.54) is 24.0 Å². The molecule has 1 heterocycles. The summed E-state index contributed by atoms with van der Waals surface area (Å²) in [6.45, 7) is 0.567. The van der Waals surface area contributed by atoms with E-state index in [2.05, 4.69) is 28.8 Å². The topological polar surface area (TPSA) is 58.2 Å². The normalized spacial score (nSPS) is 15.4. The van der Waals surface area contributed by atoms with Crippen LogP contribution in [0.4, 0.5) is 5.69 Å². The minimum Gasteiger partial charge on any atom is -0.348 e. The summed E-state index contributed by atoms with van der Waals surface area (Å²) in [4.78, 5) is 24.0.